The molecule has 2 atom stereocenters. The van der Waals surface area contributed by atoms with Crippen LogP contribution >= 0.6 is 0 Å². The zero-order chi connectivity index (χ0) is 16.7. The van der Waals surface area contributed by atoms with Crippen LogP contribution in [0.4, 0.5) is 0 Å². The minimum Gasteiger partial charge on any atom is -0.342 e. The van der Waals surface area contributed by atoms with E-state index in [9.17, 15) is 4.79 Å². The lowest BCUT2D eigenvalue weighted by atomic mass is 9.95. The molecule has 0 unspecified atom stereocenters. The molecule has 1 aliphatic carbocycles. The van der Waals surface area contributed by atoms with Crippen molar-refractivity contribution >= 4 is 5.91 Å². The molecule has 0 spiro atoms. The number of likely N-dealkylation sites (tertiary alicyclic amines) is 1. The van der Waals surface area contributed by atoms with Crippen LogP contribution in [0.2, 0.25) is 0 Å². The summed E-state index contributed by atoms with van der Waals surface area (Å²) in [6.07, 6.45) is 4.73. The van der Waals surface area contributed by atoms with Crippen molar-refractivity contribution in [3.63, 3.8) is 0 Å². The first-order valence-electron chi connectivity index (χ1n) is 8.82. The monoisotopic (exact) mass is 324 g/mol. The first-order chi connectivity index (χ1) is 11.6. The number of hydrogen-bond acceptors (Lipinski definition) is 3. The van der Waals surface area contributed by atoms with Gasteiger partial charge in [-0.1, -0.05) is 29.8 Å². The van der Waals surface area contributed by atoms with Crippen molar-refractivity contribution in [3.05, 3.63) is 47.5 Å². The zero-order valence-electron chi connectivity index (χ0n) is 14.4. The molecule has 2 aromatic rings. The smallest absolute Gasteiger partial charge is 0.226 e. The Bertz CT molecular complexity index is 745. The molecule has 1 amide bonds. The van der Waals surface area contributed by atoms with Crippen molar-refractivity contribution in [1.29, 1.82) is 0 Å². The van der Waals surface area contributed by atoms with Gasteiger partial charge >= 0.3 is 0 Å². The number of hydrogen-bond donors (Lipinski definition) is 0. The van der Waals surface area contributed by atoms with Crippen molar-refractivity contribution in [2.24, 2.45) is 13.0 Å². The van der Waals surface area contributed by atoms with Crippen LogP contribution in [0.1, 0.15) is 48.0 Å². The quantitative estimate of drug-likeness (QED) is 0.872. The summed E-state index contributed by atoms with van der Waals surface area (Å²) < 4.78 is 2.00. The predicted molar refractivity (Wildman–Crippen MR) is 91.6 cm³/mol. The van der Waals surface area contributed by atoms with E-state index in [1.807, 2.05) is 11.6 Å². The van der Waals surface area contributed by atoms with E-state index in [1.165, 1.54) is 11.1 Å². The summed E-state index contributed by atoms with van der Waals surface area (Å²) in [5.41, 5.74) is 2.59. The van der Waals surface area contributed by atoms with Gasteiger partial charge in [0.15, 0.2) is 0 Å². The lowest BCUT2D eigenvalue weighted by Gasteiger charge is -2.31. The summed E-state index contributed by atoms with van der Waals surface area (Å²) in [5, 5.41) is 8.20. The Morgan fingerprint density at radius 3 is 2.71 bits per heavy atom. The second-order valence-corrected chi connectivity index (χ2v) is 7.26. The van der Waals surface area contributed by atoms with Crippen LogP contribution in [-0.2, 0) is 11.8 Å². The molecule has 0 bridgehead atoms. The molecule has 5 heteroatoms. The minimum atomic E-state index is 0.193. The molecule has 24 heavy (non-hydrogen) atoms. The maximum Gasteiger partial charge on any atom is 0.226 e. The van der Waals surface area contributed by atoms with Crippen LogP contribution in [-0.4, -0.2) is 38.7 Å². The number of rotatable bonds is 3. The van der Waals surface area contributed by atoms with Crippen molar-refractivity contribution in [1.82, 2.24) is 19.7 Å². The minimum absolute atomic E-state index is 0.193. The number of benzene rings is 1. The normalized spacial score (nSPS) is 24.2. The molecule has 1 aromatic heterocycles. The van der Waals surface area contributed by atoms with Gasteiger partial charge in [0.05, 0.1) is 0 Å². The van der Waals surface area contributed by atoms with Gasteiger partial charge in [-0.05, 0) is 37.7 Å². The number of aryl methyl sites for hydroxylation is 2. The Balaban J connectivity index is 1.35. The van der Waals surface area contributed by atoms with Crippen LogP contribution < -0.4 is 0 Å². The molecular weight excluding hydrogens is 300 g/mol. The van der Waals surface area contributed by atoms with Crippen LogP contribution in [0, 0.1) is 12.8 Å². The summed E-state index contributed by atoms with van der Waals surface area (Å²) in [6, 6.07) is 8.58. The maximum absolute atomic E-state index is 12.8. The van der Waals surface area contributed by atoms with E-state index < -0.39 is 0 Å². The van der Waals surface area contributed by atoms with E-state index >= 15 is 0 Å². The van der Waals surface area contributed by atoms with Crippen molar-refractivity contribution in [2.45, 2.75) is 38.0 Å². The lowest BCUT2D eigenvalue weighted by molar-refractivity contribution is -0.133. The Labute approximate surface area is 142 Å². The highest BCUT2D eigenvalue weighted by Gasteiger charge is 2.46. The number of carbonyl (C=O) groups is 1. The van der Waals surface area contributed by atoms with Gasteiger partial charge in [-0.25, -0.2) is 0 Å². The highest BCUT2D eigenvalue weighted by atomic mass is 16.2. The fourth-order valence-corrected chi connectivity index (χ4v) is 3.99. The van der Waals surface area contributed by atoms with Crippen LogP contribution in [0.25, 0.3) is 0 Å². The molecule has 2 aliphatic rings. The van der Waals surface area contributed by atoms with Gasteiger partial charge in [0.25, 0.3) is 0 Å². The third-order valence-electron chi connectivity index (χ3n) is 5.50. The Morgan fingerprint density at radius 2 is 2.04 bits per heavy atom. The lowest BCUT2D eigenvalue weighted by Crippen LogP contribution is -2.39. The second-order valence-electron chi connectivity index (χ2n) is 7.26. The predicted octanol–water partition coefficient (Wildman–Crippen LogP) is 2.63. The number of amides is 1. The Morgan fingerprint density at radius 1 is 1.25 bits per heavy atom. The molecule has 1 aliphatic heterocycles. The van der Waals surface area contributed by atoms with Gasteiger partial charge in [0.2, 0.25) is 5.91 Å². The molecule has 1 aromatic carbocycles. The van der Waals surface area contributed by atoms with Gasteiger partial charge < -0.3 is 9.47 Å². The van der Waals surface area contributed by atoms with E-state index in [2.05, 4.69) is 46.3 Å². The molecule has 1 saturated heterocycles. The van der Waals surface area contributed by atoms with E-state index in [0.717, 1.165) is 38.2 Å². The zero-order valence-corrected chi connectivity index (χ0v) is 14.4. The van der Waals surface area contributed by atoms with Gasteiger partial charge in [-0.2, -0.15) is 0 Å². The molecule has 5 nitrogen and oxygen atoms in total. The van der Waals surface area contributed by atoms with Crippen LogP contribution in [0.3, 0.4) is 0 Å². The van der Waals surface area contributed by atoms with Crippen LogP contribution in [0.5, 0.6) is 0 Å². The van der Waals surface area contributed by atoms with Gasteiger partial charge in [-0.15, -0.1) is 10.2 Å². The SMILES string of the molecule is Cc1cccc([C@@H]2C[C@H]2C(=O)N2CCC(c3nncn3C)CC2)c1. The summed E-state index contributed by atoms with van der Waals surface area (Å²) in [4.78, 5) is 14.8. The standard InChI is InChI=1S/C19H24N4O/c1-13-4-3-5-15(10-13)16-11-17(16)19(24)23-8-6-14(7-9-23)18-21-20-12-22(18)2/h3-5,10,12,14,16-17H,6-9,11H2,1-2H3/t16-,17+/m0/s1. The molecule has 126 valence electrons. The third-order valence-corrected chi connectivity index (χ3v) is 5.50. The van der Waals surface area contributed by atoms with Crippen molar-refractivity contribution in [2.75, 3.05) is 13.1 Å². The number of nitrogens with zero attached hydrogens (tertiary/aromatic N) is 4. The summed E-state index contributed by atoms with van der Waals surface area (Å²) in [6.45, 7) is 3.79. The highest BCUT2D eigenvalue weighted by molar-refractivity contribution is 5.83. The fourth-order valence-electron chi connectivity index (χ4n) is 3.99. The Hall–Kier alpha value is -2.17. The summed E-state index contributed by atoms with van der Waals surface area (Å²) in [5.74, 6) is 2.43. The average Bonchev–Trinajstić information content (AvgIpc) is 3.29. The molecule has 1 saturated carbocycles. The summed E-state index contributed by atoms with van der Waals surface area (Å²) in [7, 11) is 1.99. The Kier molecular flexibility index (Phi) is 3.87. The van der Waals surface area contributed by atoms with E-state index in [1.54, 1.807) is 6.33 Å². The molecule has 2 fully saturated rings. The highest BCUT2D eigenvalue weighted by Crippen LogP contribution is 2.49. The first kappa shape index (κ1) is 15.4. The summed E-state index contributed by atoms with van der Waals surface area (Å²) >= 11 is 0. The largest absolute Gasteiger partial charge is 0.342 e. The van der Waals surface area contributed by atoms with E-state index in [4.69, 9.17) is 0 Å². The second kappa shape index (κ2) is 6.04. The van der Waals surface area contributed by atoms with Gasteiger partial charge in [-0.3, -0.25) is 4.79 Å². The molecule has 0 radical (unpaired) electrons. The number of piperidine rings is 1. The van der Waals surface area contributed by atoms with E-state index in [0.29, 0.717) is 17.7 Å². The molecule has 4 rings (SSSR count). The number of aromatic nitrogens is 3. The fraction of sp³-hybridized carbons (Fsp3) is 0.526. The van der Waals surface area contributed by atoms with Gasteiger partial charge in [0.1, 0.15) is 12.2 Å². The maximum atomic E-state index is 12.8. The number of carbonyl (C=O) groups excluding carboxylic acids is 1. The van der Waals surface area contributed by atoms with E-state index in [-0.39, 0.29) is 5.92 Å². The molecular formula is C19H24N4O. The van der Waals surface area contributed by atoms with Gasteiger partial charge in [0, 0.05) is 32.0 Å². The van der Waals surface area contributed by atoms with Crippen molar-refractivity contribution < 1.29 is 4.79 Å². The third kappa shape index (κ3) is 2.83. The topological polar surface area (TPSA) is 51.0 Å². The molecule has 0 N–H and O–H groups in total. The molecule has 2 heterocycles. The first-order valence-corrected chi connectivity index (χ1v) is 8.82. The van der Waals surface area contributed by atoms with Crippen molar-refractivity contribution in [3.8, 4) is 0 Å². The average molecular weight is 324 g/mol. The van der Waals surface area contributed by atoms with Crippen LogP contribution in [0.15, 0.2) is 30.6 Å².